The lowest BCUT2D eigenvalue weighted by atomic mass is 10.1. The van der Waals surface area contributed by atoms with Crippen LogP contribution < -0.4 is 10.2 Å². The smallest absolute Gasteiger partial charge is 0.328 e. The highest BCUT2D eigenvalue weighted by atomic mass is 19.1. The summed E-state index contributed by atoms with van der Waals surface area (Å²) in [6, 6.07) is 11.5. The number of hydrogen-bond donors (Lipinski definition) is 1. The number of amidine groups is 1. The van der Waals surface area contributed by atoms with E-state index in [0.717, 1.165) is 9.70 Å². The minimum absolute atomic E-state index is 0.191. The summed E-state index contributed by atoms with van der Waals surface area (Å²) in [6.07, 6.45) is 0.737. The van der Waals surface area contributed by atoms with Crippen molar-refractivity contribution in [2.45, 2.75) is 18.8 Å². The molecule has 0 unspecified atom stereocenters. The normalized spacial score (nSPS) is 19.0. The van der Waals surface area contributed by atoms with Gasteiger partial charge >= 0.3 is 6.03 Å². The predicted molar refractivity (Wildman–Crippen MR) is 135 cm³/mol. The molecule has 5 rings (SSSR count). The van der Waals surface area contributed by atoms with Gasteiger partial charge in [0.2, 0.25) is 5.82 Å². The molecule has 200 valence electrons. The maximum atomic E-state index is 13.1. The molecule has 39 heavy (non-hydrogen) atoms. The summed E-state index contributed by atoms with van der Waals surface area (Å²) in [5.74, 6) is -0.552. The van der Waals surface area contributed by atoms with Gasteiger partial charge in [-0.25, -0.2) is 19.6 Å². The number of rotatable bonds is 6. The molecule has 15 heteroatoms. The number of amides is 4. The fourth-order valence-corrected chi connectivity index (χ4v) is 4.06. The number of urea groups is 1. The Balaban J connectivity index is 1.18. The van der Waals surface area contributed by atoms with Gasteiger partial charge in [0.15, 0.2) is 12.2 Å². The molecular weight excluding hydrogens is 511 g/mol. The van der Waals surface area contributed by atoms with E-state index in [1.54, 1.807) is 43.3 Å². The molecule has 2 aliphatic heterocycles. The van der Waals surface area contributed by atoms with Crippen LogP contribution in [-0.2, 0) is 16.1 Å². The highest BCUT2D eigenvalue weighted by molar-refractivity contribution is 6.03. The molecular formula is C24H23FN10O4. The first-order chi connectivity index (χ1) is 18.7. The van der Waals surface area contributed by atoms with Crippen LogP contribution in [0, 0.1) is 5.82 Å². The third-order valence-corrected chi connectivity index (χ3v) is 6.12. The van der Waals surface area contributed by atoms with Crippen molar-refractivity contribution < 1.29 is 23.5 Å². The van der Waals surface area contributed by atoms with Crippen molar-refractivity contribution in [1.29, 1.82) is 0 Å². The van der Waals surface area contributed by atoms with E-state index in [-0.39, 0.29) is 30.1 Å². The maximum absolute atomic E-state index is 13.1. The first kappa shape index (κ1) is 25.4. The van der Waals surface area contributed by atoms with E-state index < -0.39 is 24.1 Å². The van der Waals surface area contributed by atoms with Gasteiger partial charge in [0.05, 0.1) is 6.21 Å². The average molecular weight is 535 g/mol. The molecule has 2 atom stereocenters. The standard InChI is InChI=1S/C24H23FN10O4/c1-32-19-21(33(2)24(38)34(3)22(19)37)27-23(32)39-17-6-4-5-14(11-17)12-26-28-18(36)13-35-30-20(29-31-35)15-7-9-16(25)10-8-15/h4-12,19,21H,13H2,1-3H3,(H,28,36)/b26-12-/t19-,21+/m1/s1. The number of fused-ring (bicyclic) bond motifs is 1. The number of aromatic nitrogens is 4. The van der Waals surface area contributed by atoms with Gasteiger partial charge in [0.25, 0.3) is 17.8 Å². The Morgan fingerprint density at radius 2 is 1.90 bits per heavy atom. The molecule has 3 heterocycles. The highest BCUT2D eigenvalue weighted by Crippen LogP contribution is 2.27. The molecule has 0 saturated carbocycles. The molecule has 3 aromatic rings. The van der Waals surface area contributed by atoms with Crippen molar-refractivity contribution in [3.05, 3.63) is 59.9 Å². The zero-order chi connectivity index (χ0) is 27.7. The minimum atomic E-state index is -0.688. The van der Waals surface area contributed by atoms with Crippen molar-refractivity contribution in [3.63, 3.8) is 0 Å². The topological polar surface area (TPSA) is 151 Å². The van der Waals surface area contributed by atoms with Crippen LogP contribution in [-0.4, -0.2) is 98.3 Å². The first-order valence-electron chi connectivity index (χ1n) is 11.7. The number of aliphatic imine (C=N–C) groups is 1. The Bertz CT molecular complexity index is 1490. The quantitative estimate of drug-likeness (QED) is 0.355. The molecule has 4 amide bonds. The summed E-state index contributed by atoms with van der Waals surface area (Å²) in [4.78, 5) is 46.7. The van der Waals surface area contributed by atoms with E-state index in [2.05, 4.69) is 30.9 Å². The molecule has 0 radical (unpaired) electrons. The molecule has 0 bridgehead atoms. The summed E-state index contributed by atoms with van der Waals surface area (Å²) in [6.45, 7) is -0.228. The van der Waals surface area contributed by atoms with Crippen LogP contribution in [0.3, 0.4) is 0 Å². The number of ether oxygens (including phenoxy) is 1. The molecule has 1 fully saturated rings. The number of carbonyl (C=O) groups is 3. The molecule has 1 aromatic heterocycles. The molecule has 2 aromatic carbocycles. The summed E-state index contributed by atoms with van der Waals surface area (Å²) >= 11 is 0. The minimum Gasteiger partial charge on any atom is -0.426 e. The Morgan fingerprint density at radius 3 is 2.67 bits per heavy atom. The van der Waals surface area contributed by atoms with Crippen LogP contribution in [0.25, 0.3) is 11.4 Å². The van der Waals surface area contributed by atoms with E-state index in [1.807, 2.05) is 0 Å². The van der Waals surface area contributed by atoms with Crippen LogP contribution in [0.15, 0.2) is 58.6 Å². The fourth-order valence-electron chi connectivity index (χ4n) is 4.06. The second-order valence-electron chi connectivity index (χ2n) is 8.79. The molecule has 14 nitrogen and oxygen atoms in total. The van der Waals surface area contributed by atoms with Crippen LogP contribution in [0.5, 0.6) is 5.75 Å². The number of hydrogen-bond acceptors (Lipinski definition) is 10. The first-order valence-corrected chi connectivity index (χ1v) is 11.7. The lowest BCUT2D eigenvalue weighted by Gasteiger charge is -2.38. The predicted octanol–water partition coefficient (Wildman–Crippen LogP) is 0.528. The zero-order valence-electron chi connectivity index (χ0n) is 21.1. The second-order valence-corrected chi connectivity index (χ2v) is 8.79. The fraction of sp³-hybridized carbons (Fsp3) is 0.250. The van der Waals surface area contributed by atoms with Gasteiger partial charge in [-0.15, -0.1) is 10.2 Å². The molecule has 0 aliphatic carbocycles. The number of nitrogens with one attached hydrogen (secondary N) is 1. The number of nitrogens with zero attached hydrogens (tertiary/aromatic N) is 9. The van der Waals surface area contributed by atoms with Crippen molar-refractivity contribution in [2.24, 2.45) is 10.1 Å². The Morgan fingerprint density at radius 1 is 1.13 bits per heavy atom. The van der Waals surface area contributed by atoms with Crippen molar-refractivity contribution in [3.8, 4) is 17.1 Å². The van der Waals surface area contributed by atoms with E-state index in [1.165, 1.54) is 42.4 Å². The molecule has 1 saturated heterocycles. The van der Waals surface area contributed by atoms with Crippen LogP contribution in [0.2, 0.25) is 0 Å². The number of carbonyl (C=O) groups excluding carboxylic acids is 3. The van der Waals surface area contributed by atoms with Crippen molar-refractivity contribution >= 4 is 30.1 Å². The van der Waals surface area contributed by atoms with Crippen molar-refractivity contribution in [2.75, 3.05) is 21.1 Å². The monoisotopic (exact) mass is 534 g/mol. The van der Waals surface area contributed by atoms with E-state index in [9.17, 15) is 18.8 Å². The van der Waals surface area contributed by atoms with Gasteiger partial charge in [-0.2, -0.15) is 9.90 Å². The third kappa shape index (κ3) is 5.14. The third-order valence-electron chi connectivity index (χ3n) is 6.12. The largest absolute Gasteiger partial charge is 0.426 e. The number of benzene rings is 2. The molecule has 0 spiro atoms. The van der Waals surface area contributed by atoms with E-state index in [4.69, 9.17) is 4.74 Å². The van der Waals surface area contributed by atoms with Gasteiger partial charge in [0.1, 0.15) is 18.1 Å². The van der Waals surface area contributed by atoms with Crippen LogP contribution >= 0.6 is 0 Å². The average Bonchev–Trinajstić information content (AvgIpc) is 3.51. The number of imide groups is 1. The van der Waals surface area contributed by atoms with Gasteiger partial charge in [0, 0.05) is 26.7 Å². The van der Waals surface area contributed by atoms with E-state index >= 15 is 0 Å². The lowest BCUT2D eigenvalue weighted by Crippen LogP contribution is -2.63. The number of halogens is 1. The number of tetrazole rings is 1. The molecule has 1 N–H and O–H groups in total. The van der Waals surface area contributed by atoms with Crippen molar-refractivity contribution in [1.82, 2.24) is 40.3 Å². The SMILES string of the molecule is CN1C(=O)[C@H]2[C@@H](N=C(Oc3cccc(/C=N\NC(=O)Cn4nnc(-c5ccc(F)cc5)n4)c3)N2C)N(C)C1=O. The molecule has 2 aliphatic rings. The second kappa shape index (κ2) is 10.3. The summed E-state index contributed by atoms with van der Waals surface area (Å²) in [7, 11) is 4.68. The van der Waals surface area contributed by atoms with Crippen LogP contribution in [0.1, 0.15) is 5.56 Å². The lowest BCUT2D eigenvalue weighted by molar-refractivity contribution is -0.135. The Labute approximate surface area is 221 Å². The highest BCUT2D eigenvalue weighted by Gasteiger charge is 2.50. The Hall–Kier alpha value is -5.21. The maximum Gasteiger partial charge on any atom is 0.328 e. The van der Waals surface area contributed by atoms with E-state index in [0.29, 0.717) is 16.9 Å². The Kier molecular flexibility index (Phi) is 6.70. The summed E-state index contributed by atoms with van der Waals surface area (Å²) < 4.78 is 19.0. The summed E-state index contributed by atoms with van der Waals surface area (Å²) in [5.41, 5.74) is 3.57. The zero-order valence-corrected chi connectivity index (χ0v) is 21.1. The number of likely N-dealkylation sites (N-methyl/N-ethyl adjacent to an activating group) is 3. The van der Waals surface area contributed by atoms with Gasteiger partial charge < -0.3 is 14.5 Å². The van der Waals surface area contributed by atoms with Crippen LogP contribution in [0.4, 0.5) is 9.18 Å². The number of hydrazone groups is 1. The van der Waals surface area contributed by atoms with Gasteiger partial charge in [-0.3, -0.25) is 14.5 Å². The van der Waals surface area contributed by atoms with Gasteiger partial charge in [-0.05, 0) is 47.2 Å². The summed E-state index contributed by atoms with van der Waals surface area (Å²) in [5, 5.41) is 15.8. The van der Waals surface area contributed by atoms with Gasteiger partial charge in [-0.1, -0.05) is 12.1 Å².